The van der Waals surface area contributed by atoms with Gasteiger partial charge in [0.2, 0.25) is 0 Å². The van der Waals surface area contributed by atoms with E-state index in [1.54, 1.807) is 0 Å². The number of rotatable bonds is 8. The van der Waals surface area contributed by atoms with E-state index in [-0.39, 0.29) is 12.0 Å². The molecular weight excluding hydrogens is 829 g/mol. The molecule has 2 unspecified atom stereocenters. The van der Waals surface area contributed by atoms with Gasteiger partial charge in [-0.05, 0) is 86.5 Å². The van der Waals surface area contributed by atoms with Gasteiger partial charge in [-0.2, -0.15) is 0 Å². The largest absolute Gasteiger partial charge is 0.456 e. The molecule has 3 heterocycles. The first kappa shape index (κ1) is 39.4. The molecule has 0 radical (unpaired) electrons. The first-order valence-electron chi connectivity index (χ1n) is 23.2. The van der Waals surface area contributed by atoms with Crippen LogP contribution in [-0.2, 0) is 0 Å². The van der Waals surface area contributed by atoms with Crippen LogP contribution < -0.4 is 4.90 Å². The van der Waals surface area contributed by atoms with Crippen LogP contribution in [0.2, 0.25) is 0 Å². The standard InChI is InChI=1S/C63H42N4O/c1-4-13-41(14-5-1)44-23-27-47(28-24-44)61-64-62(48-29-25-45(26-30-48)42-15-6-2-7-16-42)66-63(65-61)51-33-36-54-58(40-51)68-57-38-37-56-59(60(54)57)53-21-10-11-22-55(53)67(56)52-34-31-46(32-35-52)50-20-12-19-49(39-50)43-17-8-3-9-18-43/h1-40,56,59H. The molecule has 0 spiro atoms. The number of hydrogen-bond donors (Lipinski definition) is 0. The third-order valence-electron chi connectivity index (χ3n) is 13.5. The quantitative estimate of drug-likeness (QED) is 0.152. The maximum absolute atomic E-state index is 6.79. The van der Waals surface area contributed by atoms with Gasteiger partial charge in [-0.25, -0.2) is 15.0 Å². The fourth-order valence-electron chi connectivity index (χ4n) is 10.2. The summed E-state index contributed by atoms with van der Waals surface area (Å²) in [7, 11) is 0. The van der Waals surface area contributed by atoms with Gasteiger partial charge >= 0.3 is 0 Å². The van der Waals surface area contributed by atoms with E-state index in [9.17, 15) is 0 Å². The van der Waals surface area contributed by atoms with E-state index >= 15 is 0 Å². The first-order valence-corrected chi connectivity index (χ1v) is 23.2. The van der Waals surface area contributed by atoms with Crippen molar-refractivity contribution in [1.29, 1.82) is 0 Å². The number of nitrogens with zero attached hydrogens (tertiary/aromatic N) is 4. The summed E-state index contributed by atoms with van der Waals surface area (Å²) in [6.07, 6.45) is 4.47. The van der Waals surface area contributed by atoms with Crippen molar-refractivity contribution in [3.63, 3.8) is 0 Å². The van der Waals surface area contributed by atoms with Crippen molar-refractivity contribution < 1.29 is 4.42 Å². The van der Waals surface area contributed by atoms with E-state index in [1.165, 1.54) is 39.1 Å². The van der Waals surface area contributed by atoms with Crippen LogP contribution in [0, 0.1) is 0 Å². The average molecular weight is 871 g/mol. The second-order valence-electron chi connectivity index (χ2n) is 17.5. The molecule has 2 aromatic heterocycles. The summed E-state index contributed by atoms with van der Waals surface area (Å²) in [6, 6.07) is 81.4. The van der Waals surface area contributed by atoms with Crippen molar-refractivity contribution in [2.75, 3.05) is 4.90 Å². The Morgan fingerprint density at radius 2 is 0.809 bits per heavy atom. The molecule has 320 valence electrons. The Morgan fingerprint density at radius 1 is 0.368 bits per heavy atom. The van der Waals surface area contributed by atoms with Crippen LogP contribution in [0.3, 0.4) is 0 Å². The molecule has 1 aliphatic heterocycles. The van der Waals surface area contributed by atoms with Crippen LogP contribution in [0.4, 0.5) is 11.4 Å². The van der Waals surface area contributed by atoms with E-state index in [1.807, 2.05) is 12.1 Å². The van der Waals surface area contributed by atoms with E-state index in [0.717, 1.165) is 61.4 Å². The van der Waals surface area contributed by atoms with Gasteiger partial charge < -0.3 is 9.32 Å². The zero-order chi connectivity index (χ0) is 45.0. The molecule has 0 saturated heterocycles. The number of furan rings is 1. The van der Waals surface area contributed by atoms with Crippen molar-refractivity contribution in [2.24, 2.45) is 0 Å². The Morgan fingerprint density at radius 3 is 1.40 bits per heavy atom. The first-order chi connectivity index (χ1) is 33.7. The van der Waals surface area contributed by atoms with Crippen LogP contribution in [-0.4, -0.2) is 21.0 Å². The van der Waals surface area contributed by atoms with Gasteiger partial charge in [-0.1, -0.05) is 206 Å². The van der Waals surface area contributed by atoms with Crippen LogP contribution in [0.25, 0.3) is 95.7 Å². The summed E-state index contributed by atoms with van der Waals surface area (Å²) in [4.78, 5) is 17.9. The molecule has 13 rings (SSSR count). The second kappa shape index (κ2) is 16.5. The monoisotopic (exact) mass is 870 g/mol. The summed E-state index contributed by atoms with van der Waals surface area (Å²) >= 11 is 0. The molecule has 0 saturated carbocycles. The minimum atomic E-state index is 0.0721. The van der Waals surface area contributed by atoms with Crippen LogP contribution >= 0.6 is 0 Å². The van der Waals surface area contributed by atoms with Crippen molar-refractivity contribution in [3.8, 4) is 78.7 Å². The van der Waals surface area contributed by atoms with Gasteiger partial charge in [-0.15, -0.1) is 0 Å². The molecular formula is C63H42N4O. The smallest absolute Gasteiger partial charge is 0.164 e. The molecule has 5 nitrogen and oxygen atoms in total. The van der Waals surface area contributed by atoms with Gasteiger partial charge in [0, 0.05) is 44.9 Å². The molecule has 0 amide bonds. The molecule has 68 heavy (non-hydrogen) atoms. The van der Waals surface area contributed by atoms with Gasteiger partial charge in [0.25, 0.3) is 0 Å². The van der Waals surface area contributed by atoms with E-state index in [2.05, 4.69) is 235 Å². The molecule has 2 aliphatic rings. The number of aromatic nitrogens is 3. The number of fused-ring (bicyclic) bond motifs is 7. The average Bonchev–Trinajstić information content (AvgIpc) is 3.97. The maximum atomic E-state index is 6.79. The molecule has 0 N–H and O–H groups in total. The fraction of sp³-hybridized carbons (Fsp3) is 0.0317. The molecule has 11 aromatic rings. The van der Waals surface area contributed by atoms with Crippen LogP contribution in [0.1, 0.15) is 22.8 Å². The summed E-state index contributed by atoms with van der Waals surface area (Å²) in [6.45, 7) is 0. The maximum Gasteiger partial charge on any atom is 0.164 e. The normalized spacial score (nSPS) is 14.7. The highest BCUT2D eigenvalue weighted by Crippen LogP contribution is 2.54. The Kier molecular flexibility index (Phi) is 9.57. The number of benzene rings is 9. The van der Waals surface area contributed by atoms with Gasteiger partial charge in [0.05, 0.1) is 6.04 Å². The number of para-hydroxylation sites is 1. The zero-order valence-corrected chi connectivity index (χ0v) is 36.9. The van der Waals surface area contributed by atoms with Gasteiger partial charge in [-0.3, -0.25) is 0 Å². The van der Waals surface area contributed by atoms with Crippen molar-refractivity contribution in [3.05, 3.63) is 253 Å². The minimum Gasteiger partial charge on any atom is -0.456 e. The predicted molar refractivity (Wildman–Crippen MR) is 277 cm³/mol. The van der Waals surface area contributed by atoms with Crippen LogP contribution in [0.5, 0.6) is 0 Å². The summed E-state index contributed by atoms with van der Waals surface area (Å²) < 4.78 is 6.79. The summed E-state index contributed by atoms with van der Waals surface area (Å²) in [5, 5.41) is 1.09. The molecule has 5 heteroatoms. The molecule has 2 atom stereocenters. The topological polar surface area (TPSA) is 55.1 Å². The predicted octanol–water partition coefficient (Wildman–Crippen LogP) is 16.0. The lowest BCUT2D eigenvalue weighted by atomic mass is 9.82. The fourth-order valence-corrected chi connectivity index (χ4v) is 10.2. The lowest BCUT2D eigenvalue weighted by molar-refractivity contribution is 0.584. The third-order valence-corrected chi connectivity index (χ3v) is 13.5. The molecule has 1 aliphatic carbocycles. The van der Waals surface area contributed by atoms with E-state index < -0.39 is 0 Å². The van der Waals surface area contributed by atoms with Crippen molar-refractivity contribution in [1.82, 2.24) is 15.0 Å². The zero-order valence-electron chi connectivity index (χ0n) is 36.9. The minimum absolute atomic E-state index is 0.0721. The van der Waals surface area contributed by atoms with Crippen molar-refractivity contribution in [2.45, 2.75) is 12.0 Å². The van der Waals surface area contributed by atoms with Gasteiger partial charge in [0.15, 0.2) is 17.5 Å². The summed E-state index contributed by atoms with van der Waals surface area (Å²) in [5.74, 6) is 2.77. The Balaban J connectivity index is 0.853. The van der Waals surface area contributed by atoms with E-state index in [0.29, 0.717) is 17.5 Å². The van der Waals surface area contributed by atoms with Crippen LogP contribution in [0.15, 0.2) is 241 Å². The highest BCUT2D eigenvalue weighted by Gasteiger charge is 2.43. The lowest BCUT2D eigenvalue weighted by Gasteiger charge is -2.30. The SMILES string of the molecule is C1=CC2C(c3ccccc3N2c2ccc(-c3cccc(-c4ccccc4)c3)cc2)c2c1oc1cc(-c3nc(-c4ccc(-c5ccccc5)cc4)nc(-c4ccc(-c5ccccc5)cc4)n3)ccc21. The lowest BCUT2D eigenvalue weighted by Crippen LogP contribution is -2.30. The van der Waals surface area contributed by atoms with Crippen molar-refractivity contribution >= 4 is 28.4 Å². The highest BCUT2D eigenvalue weighted by molar-refractivity contribution is 5.92. The Labute approximate surface area is 395 Å². The molecule has 9 aromatic carbocycles. The number of anilines is 2. The Bertz CT molecular complexity index is 3560. The summed E-state index contributed by atoms with van der Waals surface area (Å²) in [5.41, 5.74) is 17.8. The molecule has 0 bridgehead atoms. The number of hydrogen-bond acceptors (Lipinski definition) is 5. The highest BCUT2D eigenvalue weighted by atomic mass is 16.3. The van der Waals surface area contributed by atoms with Gasteiger partial charge in [0.1, 0.15) is 11.3 Å². The Hall–Kier alpha value is -8.93. The second-order valence-corrected chi connectivity index (χ2v) is 17.5. The third kappa shape index (κ3) is 7.00. The molecule has 0 fully saturated rings. The van der Waals surface area contributed by atoms with E-state index in [4.69, 9.17) is 19.4 Å².